The van der Waals surface area contributed by atoms with Gasteiger partial charge in [-0.25, -0.2) is 0 Å². The van der Waals surface area contributed by atoms with E-state index in [1.54, 1.807) is 0 Å². The summed E-state index contributed by atoms with van der Waals surface area (Å²) in [5, 5.41) is 10.3. The lowest BCUT2D eigenvalue weighted by Crippen LogP contribution is -2.62. The minimum atomic E-state index is -1.19. The molecule has 1 rings (SSSR count). The first-order valence-corrected chi connectivity index (χ1v) is 8.25. The lowest BCUT2D eigenvalue weighted by Gasteiger charge is -2.44. The molecule has 0 aromatic carbocycles. The van der Waals surface area contributed by atoms with Crippen LogP contribution < -0.4 is 22.9 Å². The van der Waals surface area contributed by atoms with Gasteiger partial charge in [-0.3, -0.25) is 0 Å². The third kappa shape index (κ3) is 6.84. The van der Waals surface area contributed by atoms with Crippen molar-refractivity contribution in [3.05, 3.63) is 0 Å². The average Bonchev–Trinajstić information content (AvgIpc) is 2.58. The maximum Gasteiger partial charge on any atom is 0.184 e. The Kier molecular flexibility index (Phi) is 11.6. The highest BCUT2D eigenvalue weighted by Crippen LogP contribution is 2.27. The molecule has 1 aliphatic rings. The van der Waals surface area contributed by atoms with Crippen LogP contribution in [-0.4, -0.2) is 95.0 Å². The van der Waals surface area contributed by atoms with Crippen LogP contribution >= 0.6 is 0 Å². The molecule has 24 heavy (non-hydrogen) atoms. The van der Waals surface area contributed by atoms with Crippen molar-refractivity contribution in [2.24, 2.45) is 22.9 Å². The Morgan fingerprint density at radius 2 is 1.21 bits per heavy atom. The lowest BCUT2D eigenvalue weighted by molar-refractivity contribution is -0.310. The van der Waals surface area contributed by atoms with E-state index in [2.05, 4.69) is 0 Å². The van der Waals surface area contributed by atoms with E-state index in [4.69, 9.17) is 46.6 Å². The molecule has 0 saturated carbocycles. The zero-order valence-electron chi connectivity index (χ0n) is 14.0. The van der Waals surface area contributed by atoms with Crippen LogP contribution in [0, 0.1) is 0 Å². The van der Waals surface area contributed by atoms with Crippen LogP contribution in [-0.2, 0) is 23.7 Å². The van der Waals surface area contributed by atoms with Gasteiger partial charge in [0.15, 0.2) is 6.29 Å². The van der Waals surface area contributed by atoms with Crippen LogP contribution in [0.15, 0.2) is 0 Å². The molecule has 1 heterocycles. The Morgan fingerprint density at radius 1 is 0.708 bits per heavy atom. The highest BCUT2D eigenvalue weighted by atomic mass is 16.7. The summed E-state index contributed by atoms with van der Waals surface area (Å²) in [6.45, 7) is 2.80. The van der Waals surface area contributed by atoms with Gasteiger partial charge in [0, 0.05) is 26.2 Å². The van der Waals surface area contributed by atoms with Crippen LogP contribution in [0.5, 0.6) is 0 Å². The minimum absolute atomic E-state index is 0.204. The zero-order valence-corrected chi connectivity index (χ0v) is 14.0. The Bertz CT molecular complexity index is 315. The number of rotatable bonds is 13. The van der Waals surface area contributed by atoms with Gasteiger partial charge >= 0.3 is 0 Å². The summed E-state index contributed by atoms with van der Waals surface area (Å²) in [5.74, 6) is 0. The fourth-order valence-electron chi connectivity index (χ4n) is 2.49. The molecule has 5 atom stereocenters. The van der Waals surface area contributed by atoms with E-state index < -0.39 is 30.7 Å². The number of ether oxygens (including phenoxy) is 5. The standard InChI is InChI=1S/C14H32N4O6/c15-1-5-20-9-10-11(21-6-2-16)12(22-7-3-17)13(14(19)24-10)23-8-4-18/h10-14,19H,1-9,15-18H2/t10-,11-,12+,13-,14+/m1/s1. The van der Waals surface area contributed by atoms with Crippen molar-refractivity contribution >= 4 is 0 Å². The Labute approximate surface area is 142 Å². The van der Waals surface area contributed by atoms with Crippen molar-refractivity contribution in [2.75, 3.05) is 59.2 Å². The molecule has 0 aromatic heterocycles. The number of aliphatic hydroxyl groups excluding tert-OH is 1. The number of hydrogen-bond acceptors (Lipinski definition) is 10. The first-order valence-electron chi connectivity index (χ1n) is 8.25. The summed E-state index contributed by atoms with van der Waals surface area (Å²) in [5.41, 5.74) is 21.9. The first kappa shape index (κ1) is 21.6. The van der Waals surface area contributed by atoms with E-state index in [0.717, 1.165) is 0 Å². The molecule has 0 radical (unpaired) electrons. The molecular weight excluding hydrogens is 320 g/mol. The SMILES string of the molecule is NCCOC[C@H]1O[C@H](O)[C@H](OCCN)[C@@H](OCCN)[C@@H]1OCCN. The lowest BCUT2D eigenvalue weighted by atomic mass is 9.98. The second kappa shape index (κ2) is 12.9. The molecule has 144 valence electrons. The fourth-order valence-corrected chi connectivity index (χ4v) is 2.49. The number of nitrogens with two attached hydrogens (primary N) is 4. The van der Waals surface area contributed by atoms with Crippen molar-refractivity contribution in [2.45, 2.75) is 30.7 Å². The summed E-state index contributed by atoms with van der Waals surface area (Å²) >= 11 is 0. The van der Waals surface area contributed by atoms with Gasteiger partial charge in [-0.1, -0.05) is 0 Å². The Balaban J connectivity index is 2.84. The van der Waals surface area contributed by atoms with Crippen molar-refractivity contribution in [3.8, 4) is 0 Å². The largest absolute Gasteiger partial charge is 0.377 e. The maximum absolute atomic E-state index is 10.3. The summed E-state index contributed by atoms with van der Waals surface area (Å²) in [6.07, 6.45) is -3.58. The molecule has 9 N–H and O–H groups in total. The highest BCUT2D eigenvalue weighted by molar-refractivity contribution is 4.92. The van der Waals surface area contributed by atoms with Gasteiger partial charge in [0.1, 0.15) is 24.4 Å². The predicted octanol–water partition coefficient (Wildman–Crippen LogP) is -3.29. The zero-order chi connectivity index (χ0) is 17.8. The normalized spacial score (nSPS) is 30.6. The van der Waals surface area contributed by atoms with Gasteiger partial charge in [-0.15, -0.1) is 0 Å². The van der Waals surface area contributed by atoms with E-state index >= 15 is 0 Å². The monoisotopic (exact) mass is 352 g/mol. The van der Waals surface area contributed by atoms with Crippen LogP contribution in [0.1, 0.15) is 0 Å². The smallest absolute Gasteiger partial charge is 0.184 e. The van der Waals surface area contributed by atoms with E-state index in [1.807, 2.05) is 0 Å². The molecule has 10 nitrogen and oxygen atoms in total. The second-order valence-corrected chi connectivity index (χ2v) is 5.30. The number of hydrogen-bond donors (Lipinski definition) is 5. The first-order chi connectivity index (χ1) is 11.7. The van der Waals surface area contributed by atoms with Crippen molar-refractivity contribution in [1.29, 1.82) is 0 Å². The summed E-state index contributed by atoms with van der Waals surface area (Å²) < 4.78 is 28.2. The highest BCUT2D eigenvalue weighted by Gasteiger charge is 2.47. The van der Waals surface area contributed by atoms with Crippen LogP contribution in [0.3, 0.4) is 0 Å². The van der Waals surface area contributed by atoms with Gasteiger partial charge in [-0.2, -0.15) is 0 Å². The summed E-state index contributed by atoms with van der Waals surface area (Å²) in [4.78, 5) is 0. The third-order valence-electron chi connectivity index (χ3n) is 3.44. The van der Waals surface area contributed by atoms with E-state index in [9.17, 15) is 5.11 Å². The quantitative estimate of drug-likeness (QED) is 0.212. The predicted molar refractivity (Wildman–Crippen MR) is 87.1 cm³/mol. The maximum atomic E-state index is 10.3. The average molecular weight is 352 g/mol. The molecule has 0 aromatic rings. The summed E-state index contributed by atoms with van der Waals surface area (Å²) in [6, 6.07) is 0. The van der Waals surface area contributed by atoms with Crippen molar-refractivity contribution < 1.29 is 28.8 Å². The molecular formula is C14H32N4O6. The van der Waals surface area contributed by atoms with Gasteiger partial charge < -0.3 is 51.7 Å². The topological polar surface area (TPSA) is 170 Å². The van der Waals surface area contributed by atoms with Gasteiger partial charge in [0.05, 0.1) is 33.0 Å². The molecule has 1 aliphatic heterocycles. The van der Waals surface area contributed by atoms with E-state index in [0.29, 0.717) is 46.0 Å². The molecule has 10 heteroatoms. The van der Waals surface area contributed by atoms with Gasteiger partial charge in [0.25, 0.3) is 0 Å². The van der Waals surface area contributed by atoms with E-state index in [-0.39, 0.29) is 13.2 Å². The molecule has 1 saturated heterocycles. The fraction of sp³-hybridized carbons (Fsp3) is 1.00. The van der Waals surface area contributed by atoms with Gasteiger partial charge in [0.2, 0.25) is 0 Å². The number of aliphatic hydroxyl groups is 1. The Morgan fingerprint density at radius 3 is 1.75 bits per heavy atom. The molecule has 0 spiro atoms. The van der Waals surface area contributed by atoms with Crippen LogP contribution in [0.2, 0.25) is 0 Å². The van der Waals surface area contributed by atoms with Gasteiger partial charge in [-0.05, 0) is 0 Å². The Hall–Kier alpha value is -0.400. The van der Waals surface area contributed by atoms with Crippen LogP contribution in [0.4, 0.5) is 0 Å². The molecule has 0 bridgehead atoms. The van der Waals surface area contributed by atoms with Crippen molar-refractivity contribution in [1.82, 2.24) is 0 Å². The van der Waals surface area contributed by atoms with Crippen molar-refractivity contribution in [3.63, 3.8) is 0 Å². The second-order valence-electron chi connectivity index (χ2n) is 5.30. The molecule has 0 amide bonds. The third-order valence-corrected chi connectivity index (χ3v) is 3.44. The molecule has 1 fully saturated rings. The minimum Gasteiger partial charge on any atom is -0.377 e. The van der Waals surface area contributed by atoms with Crippen LogP contribution in [0.25, 0.3) is 0 Å². The summed E-state index contributed by atoms with van der Waals surface area (Å²) in [7, 11) is 0. The van der Waals surface area contributed by atoms with E-state index in [1.165, 1.54) is 0 Å². The molecule has 0 aliphatic carbocycles. The molecule has 0 unspecified atom stereocenters.